The summed E-state index contributed by atoms with van der Waals surface area (Å²) in [6.07, 6.45) is -2.04. The Morgan fingerprint density at radius 3 is 2.60 bits per heavy atom. The van der Waals surface area contributed by atoms with Gasteiger partial charge in [0.1, 0.15) is 12.1 Å². The minimum absolute atomic E-state index is 0.00848. The van der Waals surface area contributed by atoms with Crippen LogP contribution in [0.1, 0.15) is 24.6 Å². The Morgan fingerprint density at radius 1 is 1.30 bits per heavy atom. The molecule has 0 bridgehead atoms. The Balaban J connectivity index is 1.61. The first kappa shape index (κ1) is 21.7. The van der Waals surface area contributed by atoms with Gasteiger partial charge in [0.15, 0.2) is 0 Å². The molecule has 3 rings (SSSR count). The molecule has 1 aromatic carbocycles. The monoisotopic (exact) mass is 432 g/mol. The molecule has 3 atom stereocenters. The molecule has 1 aliphatic rings. The van der Waals surface area contributed by atoms with Gasteiger partial charge in [0.05, 0.1) is 22.2 Å². The van der Waals surface area contributed by atoms with Gasteiger partial charge in [-0.25, -0.2) is 9.78 Å². The van der Waals surface area contributed by atoms with Crippen LogP contribution in [-0.4, -0.2) is 62.7 Å². The average Bonchev–Trinajstić information content (AvgIpc) is 3.31. The Morgan fingerprint density at radius 2 is 2.00 bits per heavy atom. The number of rotatable bonds is 6. The summed E-state index contributed by atoms with van der Waals surface area (Å²) in [5.41, 5.74) is 4.72. The lowest BCUT2D eigenvalue weighted by molar-refractivity contribution is -0.139. The zero-order valence-corrected chi connectivity index (χ0v) is 17.5. The van der Waals surface area contributed by atoms with Crippen LogP contribution in [0.4, 0.5) is 4.79 Å². The molecule has 0 aliphatic carbocycles. The lowest BCUT2D eigenvalue weighted by Gasteiger charge is -2.26. The predicted molar refractivity (Wildman–Crippen MR) is 111 cm³/mol. The topological polar surface area (TPSA) is 132 Å². The molecule has 10 heteroatoms. The van der Waals surface area contributed by atoms with E-state index in [2.05, 4.69) is 15.6 Å². The Labute approximate surface area is 177 Å². The van der Waals surface area contributed by atoms with E-state index in [1.54, 1.807) is 16.8 Å². The van der Waals surface area contributed by atoms with Crippen molar-refractivity contribution in [2.75, 3.05) is 6.54 Å². The van der Waals surface area contributed by atoms with Gasteiger partial charge in [-0.05, 0) is 25.0 Å². The number of nitrogens with one attached hydrogen (secondary N) is 2. The zero-order valence-electron chi connectivity index (χ0n) is 16.7. The SMILES string of the molecule is Cc1ncsc1-c1ccc(CNC(=O)[C@@H]2C[C@@H](O)CN2C(=O)C(C)NC(=O)O)cc1. The van der Waals surface area contributed by atoms with Gasteiger partial charge in [-0.2, -0.15) is 0 Å². The van der Waals surface area contributed by atoms with Crippen molar-refractivity contribution < 1.29 is 24.6 Å². The van der Waals surface area contributed by atoms with E-state index in [-0.39, 0.29) is 25.4 Å². The van der Waals surface area contributed by atoms with Crippen LogP contribution < -0.4 is 10.6 Å². The number of aromatic nitrogens is 1. The number of nitrogens with zero attached hydrogens (tertiary/aromatic N) is 2. The van der Waals surface area contributed by atoms with E-state index in [0.717, 1.165) is 21.7 Å². The molecule has 4 N–H and O–H groups in total. The molecule has 0 saturated carbocycles. The quantitative estimate of drug-likeness (QED) is 0.545. The molecule has 1 aliphatic heterocycles. The number of aryl methyl sites for hydroxylation is 1. The van der Waals surface area contributed by atoms with Crippen molar-refractivity contribution in [1.82, 2.24) is 20.5 Å². The van der Waals surface area contributed by atoms with Crippen LogP contribution in [0.5, 0.6) is 0 Å². The molecule has 0 spiro atoms. The van der Waals surface area contributed by atoms with Crippen molar-refractivity contribution in [3.8, 4) is 10.4 Å². The van der Waals surface area contributed by atoms with E-state index in [9.17, 15) is 19.5 Å². The second kappa shape index (κ2) is 9.23. The number of likely N-dealkylation sites (tertiary alicyclic amines) is 1. The predicted octanol–water partition coefficient (Wildman–Crippen LogP) is 1.35. The van der Waals surface area contributed by atoms with Crippen LogP contribution in [-0.2, 0) is 16.1 Å². The molecule has 2 aromatic rings. The van der Waals surface area contributed by atoms with Crippen molar-refractivity contribution in [2.24, 2.45) is 0 Å². The number of hydrogen-bond donors (Lipinski definition) is 4. The van der Waals surface area contributed by atoms with Crippen molar-refractivity contribution in [3.05, 3.63) is 41.0 Å². The second-order valence-corrected chi connectivity index (χ2v) is 8.10. The van der Waals surface area contributed by atoms with Crippen LogP contribution in [0, 0.1) is 6.92 Å². The number of carboxylic acid groups (broad SMARTS) is 1. The standard InChI is InChI=1S/C20H24N4O5S/c1-11-17(30-10-22-11)14-5-3-13(4-6-14)8-21-18(26)16-7-15(25)9-24(16)19(27)12(2)23-20(28)29/h3-6,10,12,15-16,23,25H,7-9H2,1-2H3,(H,21,26)(H,28,29)/t12?,15-,16+/m1/s1. The number of carbonyl (C=O) groups excluding carboxylic acids is 2. The molecular weight excluding hydrogens is 408 g/mol. The fourth-order valence-corrected chi connectivity index (χ4v) is 4.27. The number of aliphatic hydroxyl groups is 1. The number of hydrogen-bond acceptors (Lipinski definition) is 6. The highest BCUT2D eigenvalue weighted by molar-refractivity contribution is 7.13. The van der Waals surface area contributed by atoms with E-state index >= 15 is 0 Å². The van der Waals surface area contributed by atoms with Gasteiger partial charge in [0.2, 0.25) is 11.8 Å². The Hall–Kier alpha value is -2.98. The number of aliphatic hydroxyl groups excluding tert-OH is 1. The van der Waals surface area contributed by atoms with Crippen molar-refractivity contribution in [3.63, 3.8) is 0 Å². The summed E-state index contributed by atoms with van der Waals surface area (Å²) in [6.45, 7) is 3.63. The fraction of sp³-hybridized carbons (Fsp3) is 0.400. The molecule has 9 nitrogen and oxygen atoms in total. The summed E-state index contributed by atoms with van der Waals surface area (Å²) in [6, 6.07) is 5.92. The minimum Gasteiger partial charge on any atom is -0.465 e. The maximum absolute atomic E-state index is 12.7. The average molecular weight is 433 g/mol. The van der Waals surface area contributed by atoms with Crippen LogP contribution in [0.3, 0.4) is 0 Å². The van der Waals surface area contributed by atoms with Crippen molar-refractivity contribution in [1.29, 1.82) is 0 Å². The molecule has 1 saturated heterocycles. The van der Waals surface area contributed by atoms with E-state index < -0.39 is 30.2 Å². The van der Waals surface area contributed by atoms with Gasteiger partial charge < -0.3 is 25.7 Å². The van der Waals surface area contributed by atoms with Crippen LogP contribution in [0.25, 0.3) is 10.4 Å². The van der Waals surface area contributed by atoms with Crippen LogP contribution in [0.15, 0.2) is 29.8 Å². The minimum atomic E-state index is -1.33. The van der Waals surface area contributed by atoms with E-state index in [0.29, 0.717) is 0 Å². The highest BCUT2D eigenvalue weighted by Crippen LogP contribution is 2.27. The first-order chi connectivity index (χ1) is 14.3. The summed E-state index contributed by atoms with van der Waals surface area (Å²) in [5.74, 6) is -0.928. The molecule has 160 valence electrons. The van der Waals surface area contributed by atoms with Gasteiger partial charge in [0.25, 0.3) is 0 Å². The maximum Gasteiger partial charge on any atom is 0.405 e. The number of β-amino-alcohol motifs (C(OH)–C–C–N with tert-alkyl or cyclic N) is 1. The summed E-state index contributed by atoms with van der Waals surface area (Å²) in [4.78, 5) is 42.5. The van der Waals surface area contributed by atoms with Crippen molar-refractivity contribution in [2.45, 2.75) is 45.0 Å². The van der Waals surface area contributed by atoms with E-state index in [1.807, 2.05) is 31.2 Å². The largest absolute Gasteiger partial charge is 0.465 e. The number of benzene rings is 1. The number of thiazole rings is 1. The van der Waals surface area contributed by atoms with Crippen LogP contribution in [0.2, 0.25) is 0 Å². The molecule has 1 aromatic heterocycles. The van der Waals surface area contributed by atoms with Gasteiger partial charge in [-0.3, -0.25) is 9.59 Å². The Kier molecular flexibility index (Phi) is 6.68. The lowest BCUT2D eigenvalue weighted by atomic mass is 10.1. The normalized spacial score (nSPS) is 19.4. The molecule has 1 fully saturated rings. The highest BCUT2D eigenvalue weighted by atomic mass is 32.1. The van der Waals surface area contributed by atoms with E-state index in [4.69, 9.17) is 5.11 Å². The summed E-state index contributed by atoms with van der Waals surface area (Å²) < 4.78 is 0. The highest BCUT2D eigenvalue weighted by Gasteiger charge is 2.40. The second-order valence-electron chi connectivity index (χ2n) is 7.25. The molecule has 0 radical (unpaired) electrons. The van der Waals surface area contributed by atoms with Crippen LogP contribution >= 0.6 is 11.3 Å². The molecule has 30 heavy (non-hydrogen) atoms. The van der Waals surface area contributed by atoms with Crippen molar-refractivity contribution >= 4 is 29.2 Å². The summed E-state index contributed by atoms with van der Waals surface area (Å²) >= 11 is 1.57. The molecule has 1 unspecified atom stereocenters. The van der Waals surface area contributed by atoms with Gasteiger partial charge in [-0.15, -0.1) is 11.3 Å². The zero-order chi connectivity index (χ0) is 21.8. The van der Waals surface area contributed by atoms with Gasteiger partial charge in [-0.1, -0.05) is 24.3 Å². The molecular formula is C20H24N4O5S. The molecule has 2 heterocycles. The summed E-state index contributed by atoms with van der Waals surface area (Å²) in [5, 5.41) is 23.6. The smallest absolute Gasteiger partial charge is 0.405 e. The van der Waals surface area contributed by atoms with E-state index in [1.165, 1.54) is 11.8 Å². The van der Waals surface area contributed by atoms with Gasteiger partial charge >= 0.3 is 6.09 Å². The third-order valence-electron chi connectivity index (χ3n) is 5.00. The lowest BCUT2D eigenvalue weighted by Crippen LogP contribution is -2.52. The Bertz CT molecular complexity index is 930. The third kappa shape index (κ3) is 4.95. The first-order valence-electron chi connectivity index (χ1n) is 9.51. The first-order valence-corrected chi connectivity index (χ1v) is 10.4. The molecule has 3 amide bonds. The fourth-order valence-electron chi connectivity index (χ4n) is 3.46. The van der Waals surface area contributed by atoms with Gasteiger partial charge in [0, 0.05) is 19.5 Å². The number of carbonyl (C=O) groups is 3. The maximum atomic E-state index is 12.7. The third-order valence-corrected chi connectivity index (χ3v) is 5.98. The summed E-state index contributed by atoms with van der Waals surface area (Å²) in [7, 11) is 0. The number of amides is 3.